The quantitative estimate of drug-likeness (QED) is 0.649. The van der Waals surface area contributed by atoms with Crippen LogP contribution in [-0.4, -0.2) is 40.6 Å². The number of nitrogens with two attached hydrogens (primary N) is 1. The van der Waals surface area contributed by atoms with Gasteiger partial charge < -0.3 is 16.2 Å². The van der Waals surface area contributed by atoms with E-state index in [1.54, 1.807) is 11.8 Å². The van der Waals surface area contributed by atoms with Crippen molar-refractivity contribution in [2.45, 2.75) is 43.7 Å². The lowest BCUT2D eigenvalue weighted by molar-refractivity contribution is -0.142. The Morgan fingerprint density at radius 3 is 2.53 bits per heavy atom. The predicted molar refractivity (Wildman–Crippen MR) is 68.0 cm³/mol. The van der Waals surface area contributed by atoms with Gasteiger partial charge in [0.25, 0.3) is 0 Å². The van der Waals surface area contributed by atoms with E-state index in [1.807, 2.05) is 6.26 Å². The van der Waals surface area contributed by atoms with Crippen LogP contribution in [0.25, 0.3) is 0 Å². The first-order valence-electron chi connectivity index (χ1n) is 5.81. The zero-order chi connectivity index (χ0) is 12.9. The second kappa shape index (κ2) is 6.26. The van der Waals surface area contributed by atoms with Crippen molar-refractivity contribution in [3.8, 4) is 0 Å². The summed E-state index contributed by atoms with van der Waals surface area (Å²) in [6, 6.07) is -0.823. The molecule has 0 saturated heterocycles. The number of carboxylic acid groups (broad SMARTS) is 1. The lowest BCUT2D eigenvalue weighted by Gasteiger charge is -2.24. The van der Waals surface area contributed by atoms with E-state index in [0.29, 0.717) is 25.0 Å². The van der Waals surface area contributed by atoms with Crippen molar-refractivity contribution >= 4 is 23.6 Å². The highest BCUT2D eigenvalue weighted by Gasteiger charge is 2.38. The molecule has 0 aromatic rings. The van der Waals surface area contributed by atoms with Gasteiger partial charge in [-0.05, 0) is 31.3 Å². The molecule has 4 N–H and O–H groups in total. The molecule has 0 unspecified atom stereocenters. The zero-order valence-electron chi connectivity index (χ0n) is 10.1. The molecule has 1 rings (SSSR count). The van der Waals surface area contributed by atoms with Gasteiger partial charge in [-0.3, -0.25) is 4.79 Å². The minimum Gasteiger partial charge on any atom is -0.480 e. The van der Waals surface area contributed by atoms with Crippen molar-refractivity contribution < 1.29 is 14.7 Å². The number of carbonyl (C=O) groups excluding carboxylic acids is 1. The Balaban J connectivity index is 2.54. The maximum absolute atomic E-state index is 11.9. The molecule has 0 aliphatic heterocycles. The van der Waals surface area contributed by atoms with Gasteiger partial charge in [0.2, 0.25) is 5.91 Å². The number of hydrogen-bond acceptors (Lipinski definition) is 4. The maximum atomic E-state index is 11.9. The largest absolute Gasteiger partial charge is 0.480 e. The molecule has 1 aliphatic carbocycles. The lowest BCUT2D eigenvalue weighted by atomic mass is 9.97. The first-order chi connectivity index (χ1) is 7.99. The molecule has 1 aliphatic rings. The lowest BCUT2D eigenvalue weighted by Crippen LogP contribution is -2.56. The van der Waals surface area contributed by atoms with E-state index in [9.17, 15) is 9.59 Å². The molecule has 1 atom stereocenters. The molecule has 5 nitrogen and oxygen atoms in total. The number of aliphatic carboxylic acids is 1. The van der Waals surface area contributed by atoms with Crippen molar-refractivity contribution in [2.24, 2.45) is 5.73 Å². The summed E-state index contributed by atoms with van der Waals surface area (Å²) in [5.74, 6) is -0.605. The Morgan fingerprint density at radius 2 is 2.06 bits per heavy atom. The number of rotatable bonds is 6. The van der Waals surface area contributed by atoms with Gasteiger partial charge in [-0.2, -0.15) is 11.8 Å². The second-order valence-electron chi connectivity index (χ2n) is 4.51. The second-order valence-corrected chi connectivity index (χ2v) is 5.49. The van der Waals surface area contributed by atoms with Gasteiger partial charge in [-0.15, -0.1) is 0 Å². The standard InChI is InChI=1S/C11H20N2O3S/c1-17-7-4-8(9(14)15)13-10(16)11(12)5-2-3-6-11/h8H,2-7,12H2,1H3,(H,13,16)(H,14,15)/t8-/m0/s1. The van der Waals surface area contributed by atoms with Crippen molar-refractivity contribution in [3.63, 3.8) is 0 Å². The highest BCUT2D eigenvalue weighted by molar-refractivity contribution is 7.98. The Hall–Kier alpha value is -0.750. The molecule has 17 heavy (non-hydrogen) atoms. The topological polar surface area (TPSA) is 92.4 Å². The smallest absolute Gasteiger partial charge is 0.326 e. The molecule has 0 aromatic heterocycles. The van der Waals surface area contributed by atoms with Crippen LogP contribution < -0.4 is 11.1 Å². The third-order valence-corrected chi connectivity index (χ3v) is 3.81. The fourth-order valence-corrected chi connectivity index (χ4v) is 2.50. The Labute approximate surface area is 106 Å². The minimum absolute atomic E-state index is 0.316. The third-order valence-electron chi connectivity index (χ3n) is 3.16. The third kappa shape index (κ3) is 3.89. The van der Waals surface area contributed by atoms with Crippen LogP contribution in [0.15, 0.2) is 0 Å². The van der Waals surface area contributed by atoms with E-state index in [0.717, 1.165) is 12.8 Å². The molecule has 0 spiro atoms. The summed E-state index contributed by atoms with van der Waals surface area (Å²) in [6.07, 6.45) is 5.50. The van der Waals surface area contributed by atoms with E-state index in [-0.39, 0.29) is 5.91 Å². The summed E-state index contributed by atoms with van der Waals surface area (Å²) in [5, 5.41) is 11.6. The van der Waals surface area contributed by atoms with Gasteiger partial charge in [0.1, 0.15) is 6.04 Å². The van der Waals surface area contributed by atoms with Crippen molar-refractivity contribution in [2.75, 3.05) is 12.0 Å². The average Bonchev–Trinajstić information content (AvgIpc) is 2.72. The van der Waals surface area contributed by atoms with Crippen LogP contribution in [0.1, 0.15) is 32.1 Å². The molecule has 98 valence electrons. The highest BCUT2D eigenvalue weighted by atomic mass is 32.2. The van der Waals surface area contributed by atoms with Crippen molar-refractivity contribution in [1.29, 1.82) is 0 Å². The molecule has 1 amide bonds. The predicted octanol–water partition coefficient (Wildman–Crippen LogP) is 0.580. The van der Waals surface area contributed by atoms with Gasteiger partial charge >= 0.3 is 5.97 Å². The van der Waals surface area contributed by atoms with Crippen LogP contribution in [0.4, 0.5) is 0 Å². The first-order valence-corrected chi connectivity index (χ1v) is 7.20. The minimum atomic E-state index is -0.992. The Morgan fingerprint density at radius 1 is 1.47 bits per heavy atom. The van der Waals surface area contributed by atoms with Crippen LogP contribution in [0.5, 0.6) is 0 Å². The molecule has 0 aromatic carbocycles. The van der Waals surface area contributed by atoms with Gasteiger partial charge in [-0.1, -0.05) is 12.8 Å². The molecular weight excluding hydrogens is 240 g/mol. The Bertz CT molecular complexity index is 290. The molecule has 1 fully saturated rings. The van der Waals surface area contributed by atoms with Crippen molar-refractivity contribution in [1.82, 2.24) is 5.32 Å². The van der Waals surface area contributed by atoms with Gasteiger partial charge in [0.05, 0.1) is 5.54 Å². The zero-order valence-corrected chi connectivity index (χ0v) is 10.9. The van der Waals surface area contributed by atoms with Gasteiger partial charge in [0.15, 0.2) is 0 Å². The van der Waals surface area contributed by atoms with E-state index in [1.165, 1.54) is 0 Å². The molecular formula is C11H20N2O3S. The number of amides is 1. The summed E-state index contributed by atoms with van der Waals surface area (Å²) < 4.78 is 0. The monoisotopic (exact) mass is 260 g/mol. The van der Waals surface area contributed by atoms with Crippen LogP contribution in [0, 0.1) is 0 Å². The first kappa shape index (κ1) is 14.3. The van der Waals surface area contributed by atoms with Gasteiger partial charge in [-0.25, -0.2) is 4.79 Å². The van der Waals surface area contributed by atoms with E-state index >= 15 is 0 Å². The summed E-state index contributed by atoms with van der Waals surface area (Å²) in [5.41, 5.74) is 5.12. The highest BCUT2D eigenvalue weighted by Crippen LogP contribution is 2.27. The van der Waals surface area contributed by atoms with Crippen LogP contribution in [-0.2, 0) is 9.59 Å². The van der Waals surface area contributed by atoms with Crippen LogP contribution in [0.3, 0.4) is 0 Å². The van der Waals surface area contributed by atoms with E-state index in [2.05, 4.69) is 5.32 Å². The number of nitrogens with one attached hydrogen (secondary N) is 1. The molecule has 0 heterocycles. The van der Waals surface area contributed by atoms with Crippen LogP contribution >= 0.6 is 11.8 Å². The number of carbonyl (C=O) groups is 2. The molecule has 1 saturated carbocycles. The number of carboxylic acids is 1. The van der Waals surface area contributed by atoms with Crippen LogP contribution in [0.2, 0.25) is 0 Å². The summed E-state index contributed by atoms with van der Waals surface area (Å²) in [4.78, 5) is 22.9. The Kier molecular flexibility index (Phi) is 5.27. The summed E-state index contributed by atoms with van der Waals surface area (Å²) >= 11 is 1.56. The maximum Gasteiger partial charge on any atom is 0.326 e. The van der Waals surface area contributed by atoms with Gasteiger partial charge in [0, 0.05) is 0 Å². The molecule has 6 heteroatoms. The summed E-state index contributed by atoms with van der Waals surface area (Å²) in [6.45, 7) is 0. The van der Waals surface area contributed by atoms with Crippen molar-refractivity contribution in [3.05, 3.63) is 0 Å². The molecule has 0 bridgehead atoms. The summed E-state index contributed by atoms with van der Waals surface area (Å²) in [7, 11) is 0. The van der Waals surface area contributed by atoms with E-state index in [4.69, 9.17) is 10.8 Å². The number of thioether (sulfide) groups is 1. The fourth-order valence-electron chi connectivity index (χ4n) is 2.03. The average molecular weight is 260 g/mol. The molecule has 0 radical (unpaired) electrons. The van der Waals surface area contributed by atoms with E-state index < -0.39 is 17.6 Å². The fraction of sp³-hybridized carbons (Fsp3) is 0.818. The normalized spacial score (nSPS) is 19.9. The SMILES string of the molecule is CSCC[C@H](NC(=O)C1(N)CCCC1)C(=O)O. The number of hydrogen-bond donors (Lipinski definition) is 3.